The van der Waals surface area contributed by atoms with Crippen LogP contribution in [-0.4, -0.2) is 38.2 Å². The first-order chi connectivity index (χ1) is 19.6. The maximum absolute atomic E-state index is 13.9. The third-order valence-electron chi connectivity index (χ3n) is 7.55. The molecule has 4 aromatic carbocycles. The van der Waals surface area contributed by atoms with Crippen LogP contribution < -0.4 is 19.8 Å². The number of para-hydroxylation sites is 1. The van der Waals surface area contributed by atoms with Gasteiger partial charge in [-0.1, -0.05) is 54.6 Å². The molecule has 0 fully saturated rings. The monoisotopic (exact) mass is 535 g/mol. The predicted octanol–water partition coefficient (Wildman–Crippen LogP) is 5.71. The molecule has 7 nitrogen and oxygen atoms in total. The zero-order valence-electron chi connectivity index (χ0n) is 22.4. The Labute approximate surface area is 231 Å². The fraction of sp³-hybridized carbons (Fsp3) is 0.212. The van der Waals surface area contributed by atoms with Gasteiger partial charge in [0.05, 0.1) is 38.1 Å². The summed E-state index contributed by atoms with van der Waals surface area (Å²) in [5.74, 6) is 1.65. The molecule has 2 heterocycles. The molecule has 40 heavy (non-hydrogen) atoms. The van der Waals surface area contributed by atoms with Crippen LogP contribution in [0.25, 0.3) is 21.7 Å². The summed E-state index contributed by atoms with van der Waals surface area (Å²) in [5.41, 5.74) is 2.94. The van der Waals surface area contributed by atoms with Crippen molar-refractivity contribution in [3.63, 3.8) is 0 Å². The Morgan fingerprint density at radius 2 is 1.60 bits per heavy atom. The Morgan fingerprint density at radius 3 is 2.42 bits per heavy atom. The van der Waals surface area contributed by atoms with Crippen LogP contribution in [0.4, 0.5) is 0 Å². The number of nitrogens with zero attached hydrogens (tertiary/aromatic N) is 1. The van der Waals surface area contributed by atoms with Gasteiger partial charge >= 0.3 is 5.63 Å². The maximum atomic E-state index is 13.9. The molecule has 6 rings (SSSR count). The van der Waals surface area contributed by atoms with E-state index in [1.54, 1.807) is 26.4 Å². The Kier molecular flexibility index (Phi) is 6.86. The lowest BCUT2D eigenvalue weighted by atomic mass is 9.91. The van der Waals surface area contributed by atoms with Gasteiger partial charge in [0.2, 0.25) is 5.91 Å². The SMILES string of the molecule is COc1cc2c(cc1OC)C(COc1cc(=O)oc3ccccc13)N(C(=O)Cc1cccc3ccccc13)CC2. The highest BCUT2D eigenvalue weighted by atomic mass is 16.5. The van der Waals surface area contributed by atoms with Crippen LogP contribution in [0, 0.1) is 0 Å². The van der Waals surface area contributed by atoms with Gasteiger partial charge in [0.15, 0.2) is 11.5 Å². The number of hydrogen-bond donors (Lipinski definition) is 0. The minimum Gasteiger partial charge on any atom is -0.493 e. The van der Waals surface area contributed by atoms with E-state index < -0.39 is 11.7 Å². The second-order valence-electron chi connectivity index (χ2n) is 9.81. The van der Waals surface area contributed by atoms with Crippen molar-refractivity contribution in [1.82, 2.24) is 4.90 Å². The smallest absolute Gasteiger partial charge is 0.339 e. The van der Waals surface area contributed by atoms with E-state index in [0.29, 0.717) is 41.2 Å². The molecule has 0 bridgehead atoms. The summed E-state index contributed by atoms with van der Waals surface area (Å²) in [4.78, 5) is 28.1. The largest absolute Gasteiger partial charge is 0.493 e. The first-order valence-electron chi connectivity index (χ1n) is 13.2. The van der Waals surface area contributed by atoms with E-state index in [0.717, 1.165) is 27.5 Å². The third kappa shape index (κ3) is 4.75. The summed E-state index contributed by atoms with van der Waals surface area (Å²) in [5, 5.41) is 2.86. The van der Waals surface area contributed by atoms with Crippen LogP contribution in [0.1, 0.15) is 22.7 Å². The van der Waals surface area contributed by atoms with Gasteiger partial charge in [0.1, 0.15) is 17.9 Å². The van der Waals surface area contributed by atoms with E-state index in [4.69, 9.17) is 18.6 Å². The van der Waals surface area contributed by atoms with Gasteiger partial charge in [-0.25, -0.2) is 4.79 Å². The maximum Gasteiger partial charge on any atom is 0.339 e. The summed E-state index contributed by atoms with van der Waals surface area (Å²) in [6.07, 6.45) is 0.934. The van der Waals surface area contributed by atoms with Crippen molar-refractivity contribution in [2.24, 2.45) is 0 Å². The molecule has 1 aliphatic rings. The Hall–Kier alpha value is -4.78. The molecular weight excluding hydrogens is 506 g/mol. The molecule has 0 aliphatic carbocycles. The third-order valence-corrected chi connectivity index (χ3v) is 7.55. The van der Waals surface area contributed by atoms with E-state index in [9.17, 15) is 9.59 Å². The summed E-state index contributed by atoms with van der Waals surface area (Å²) < 4.78 is 22.8. The van der Waals surface area contributed by atoms with Crippen molar-refractivity contribution >= 4 is 27.6 Å². The number of carbonyl (C=O) groups is 1. The van der Waals surface area contributed by atoms with Crippen molar-refractivity contribution in [2.45, 2.75) is 18.9 Å². The minimum atomic E-state index is -0.493. The summed E-state index contributed by atoms with van der Waals surface area (Å²) in [7, 11) is 3.21. The van der Waals surface area contributed by atoms with Crippen molar-refractivity contribution in [3.8, 4) is 17.2 Å². The lowest BCUT2D eigenvalue weighted by Gasteiger charge is -2.38. The molecule has 0 spiro atoms. The van der Waals surface area contributed by atoms with E-state index in [2.05, 4.69) is 12.1 Å². The van der Waals surface area contributed by atoms with Crippen LogP contribution >= 0.6 is 0 Å². The molecule has 5 aromatic rings. The van der Waals surface area contributed by atoms with Gasteiger partial charge in [-0.05, 0) is 58.1 Å². The molecule has 1 aromatic heterocycles. The highest BCUT2D eigenvalue weighted by Crippen LogP contribution is 2.39. The fourth-order valence-corrected chi connectivity index (χ4v) is 5.59. The second-order valence-corrected chi connectivity index (χ2v) is 9.81. The second kappa shape index (κ2) is 10.8. The summed E-state index contributed by atoms with van der Waals surface area (Å²) in [6.45, 7) is 0.676. The van der Waals surface area contributed by atoms with Gasteiger partial charge in [-0.2, -0.15) is 0 Å². The van der Waals surface area contributed by atoms with Gasteiger partial charge < -0.3 is 23.5 Å². The van der Waals surface area contributed by atoms with Gasteiger partial charge in [-0.15, -0.1) is 0 Å². The van der Waals surface area contributed by atoms with Gasteiger partial charge in [-0.3, -0.25) is 4.79 Å². The Bertz CT molecular complexity index is 1770. The number of amides is 1. The number of benzene rings is 4. The number of ether oxygens (including phenoxy) is 3. The molecular formula is C33H29NO6. The van der Waals surface area contributed by atoms with Gasteiger partial charge in [0, 0.05) is 6.54 Å². The average molecular weight is 536 g/mol. The van der Waals surface area contributed by atoms with Crippen molar-refractivity contribution in [2.75, 3.05) is 27.4 Å². The fourth-order valence-electron chi connectivity index (χ4n) is 5.59. The summed E-state index contributed by atoms with van der Waals surface area (Å²) in [6, 6.07) is 26.2. The van der Waals surface area contributed by atoms with E-state index >= 15 is 0 Å². The topological polar surface area (TPSA) is 78.2 Å². The molecule has 1 amide bonds. The molecule has 0 N–H and O–H groups in total. The number of methoxy groups -OCH3 is 2. The first kappa shape index (κ1) is 25.5. The molecule has 7 heteroatoms. The van der Waals surface area contributed by atoms with Crippen LogP contribution in [0.2, 0.25) is 0 Å². The zero-order valence-corrected chi connectivity index (χ0v) is 22.4. The lowest BCUT2D eigenvalue weighted by Crippen LogP contribution is -2.43. The predicted molar refractivity (Wildman–Crippen MR) is 153 cm³/mol. The molecule has 202 valence electrons. The van der Waals surface area contributed by atoms with Crippen molar-refractivity contribution < 1.29 is 23.4 Å². The molecule has 0 saturated carbocycles. The Balaban J connectivity index is 1.37. The number of carbonyl (C=O) groups excluding carboxylic acids is 1. The number of rotatable bonds is 7. The standard InChI is InChI=1S/C33H29NO6/c1-37-30-16-23-14-15-34(32(35)17-22-10-7-9-21-8-3-4-11-24(21)22)27(26(23)18-31(30)38-2)20-39-29-19-33(36)40-28-13-6-5-12-25(28)29/h3-13,16,18-19,27H,14-15,17,20H2,1-2H3. The molecule has 0 radical (unpaired) electrons. The van der Waals surface area contributed by atoms with Gasteiger partial charge in [0.25, 0.3) is 0 Å². The first-order valence-corrected chi connectivity index (χ1v) is 13.2. The molecule has 1 atom stereocenters. The highest BCUT2D eigenvalue weighted by molar-refractivity contribution is 5.90. The summed E-state index contributed by atoms with van der Waals surface area (Å²) >= 11 is 0. The number of fused-ring (bicyclic) bond motifs is 3. The molecule has 1 aliphatic heterocycles. The highest BCUT2D eigenvalue weighted by Gasteiger charge is 2.33. The Morgan fingerprint density at radius 1 is 0.875 bits per heavy atom. The van der Waals surface area contributed by atoms with E-state index in [1.807, 2.05) is 59.5 Å². The lowest BCUT2D eigenvalue weighted by molar-refractivity contribution is -0.134. The van der Waals surface area contributed by atoms with Crippen molar-refractivity contribution in [3.05, 3.63) is 112 Å². The minimum absolute atomic E-state index is 0.00261. The molecule has 1 unspecified atom stereocenters. The van der Waals surface area contributed by atoms with Crippen molar-refractivity contribution in [1.29, 1.82) is 0 Å². The average Bonchev–Trinajstić information content (AvgIpc) is 2.98. The van der Waals surface area contributed by atoms with Crippen LogP contribution in [0.3, 0.4) is 0 Å². The van der Waals surface area contributed by atoms with E-state index in [1.165, 1.54) is 6.07 Å². The quantitative estimate of drug-likeness (QED) is 0.249. The molecule has 0 saturated heterocycles. The zero-order chi connectivity index (χ0) is 27.6. The normalized spacial score (nSPS) is 14.7. The number of hydrogen-bond acceptors (Lipinski definition) is 6. The van der Waals surface area contributed by atoms with E-state index in [-0.39, 0.29) is 18.9 Å². The van der Waals surface area contributed by atoms with Crippen LogP contribution in [0.5, 0.6) is 17.2 Å². The van der Waals surface area contributed by atoms with Crippen LogP contribution in [0.15, 0.2) is 94.1 Å². The van der Waals surface area contributed by atoms with Crippen LogP contribution in [-0.2, 0) is 17.6 Å².